The zero-order valence-electron chi connectivity index (χ0n) is 17.2. The summed E-state index contributed by atoms with van der Waals surface area (Å²) >= 11 is 0. The SMILES string of the molecule is CC(C)c1ccc(C2NC(=O)N(C)C3=C2C(=O)N(CCc2ccccc2)C3)cc1. The Labute approximate surface area is 172 Å². The summed E-state index contributed by atoms with van der Waals surface area (Å²) in [7, 11) is 1.73. The van der Waals surface area contributed by atoms with Gasteiger partial charge in [-0.1, -0.05) is 68.4 Å². The van der Waals surface area contributed by atoms with Gasteiger partial charge in [0.25, 0.3) is 5.91 Å². The van der Waals surface area contributed by atoms with Crippen molar-refractivity contribution in [3.05, 3.63) is 82.6 Å². The molecule has 0 aliphatic carbocycles. The normalized spacial score (nSPS) is 19.1. The molecule has 0 aromatic heterocycles. The Hall–Kier alpha value is -3.08. The monoisotopic (exact) mass is 389 g/mol. The lowest BCUT2D eigenvalue weighted by atomic mass is 9.93. The van der Waals surface area contributed by atoms with Gasteiger partial charge in [-0.05, 0) is 29.0 Å². The van der Waals surface area contributed by atoms with E-state index in [-0.39, 0.29) is 11.9 Å². The van der Waals surface area contributed by atoms with E-state index in [1.54, 1.807) is 11.9 Å². The van der Waals surface area contributed by atoms with Crippen LogP contribution in [0.4, 0.5) is 4.79 Å². The molecule has 0 radical (unpaired) electrons. The van der Waals surface area contributed by atoms with E-state index in [2.05, 4.69) is 43.4 Å². The van der Waals surface area contributed by atoms with Gasteiger partial charge in [0.1, 0.15) is 0 Å². The van der Waals surface area contributed by atoms with Gasteiger partial charge < -0.3 is 10.2 Å². The zero-order chi connectivity index (χ0) is 20.5. The molecule has 4 rings (SSSR count). The summed E-state index contributed by atoms with van der Waals surface area (Å²) in [6, 6.07) is 17.8. The highest BCUT2D eigenvalue weighted by molar-refractivity contribution is 6.01. The van der Waals surface area contributed by atoms with Crippen LogP contribution in [0, 0.1) is 0 Å². The molecule has 29 heavy (non-hydrogen) atoms. The van der Waals surface area contributed by atoms with Crippen molar-refractivity contribution in [2.45, 2.75) is 32.2 Å². The summed E-state index contributed by atoms with van der Waals surface area (Å²) in [5, 5.41) is 3.01. The van der Waals surface area contributed by atoms with Crippen molar-refractivity contribution >= 4 is 11.9 Å². The van der Waals surface area contributed by atoms with Crippen molar-refractivity contribution in [3.8, 4) is 0 Å². The van der Waals surface area contributed by atoms with Gasteiger partial charge in [-0.3, -0.25) is 9.69 Å². The van der Waals surface area contributed by atoms with Gasteiger partial charge in [-0.15, -0.1) is 0 Å². The van der Waals surface area contributed by atoms with Crippen LogP contribution in [-0.4, -0.2) is 41.9 Å². The van der Waals surface area contributed by atoms with Crippen LogP contribution in [0.1, 0.15) is 42.5 Å². The molecule has 2 heterocycles. The van der Waals surface area contributed by atoms with Crippen LogP contribution in [0.3, 0.4) is 0 Å². The maximum absolute atomic E-state index is 13.3. The molecule has 0 spiro atoms. The van der Waals surface area contributed by atoms with Crippen LogP contribution in [0.2, 0.25) is 0 Å². The topological polar surface area (TPSA) is 52.7 Å². The van der Waals surface area contributed by atoms with Gasteiger partial charge in [0.05, 0.1) is 23.9 Å². The molecule has 2 aliphatic rings. The molecule has 0 fully saturated rings. The van der Waals surface area contributed by atoms with Crippen LogP contribution < -0.4 is 5.32 Å². The van der Waals surface area contributed by atoms with E-state index in [4.69, 9.17) is 0 Å². The van der Waals surface area contributed by atoms with Crippen molar-refractivity contribution in [2.24, 2.45) is 0 Å². The van der Waals surface area contributed by atoms with Crippen molar-refractivity contribution in [2.75, 3.05) is 20.1 Å². The summed E-state index contributed by atoms with van der Waals surface area (Å²) in [4.78, 5) is 29.2. The fourth-order valence-corrected chi connectivity index (χ4v) is 4.04. The Morgan fingerprint density at radius 1 is 1.03 bits per heavy atom. The van der Waals surface area contributed by atoms with Crippen LogP contribution in [0.25, 0.3) is 0 Å². The minimum absolute atomic E-state index is 0.0146. The molecule has 0 saturated carbocycles. The first-order valence-electron chi connectivity index (χ1n) is 10.2. The third-order valence-corrected chi connectivity index (χ3v) is 5.88. The van der Waals surface area contributed by atoms with Gasteiger partial charge in [0.15, 0.2) is 0 Å². The smallest absolute Gasteiger partial charge is 0.322 e. The van der Waals surface area contributed by atoms with E-state index < -0.39 is 6.04 Å². The standard InChI is InChI=1S/C24H27N3O2/c1-16(2)18-9-11-19(12-10-18)22-21-20(26(3)24(29)25-22)15-27(23(21)28)14-13-17-7-5-4-6-8-17/h4-12,16,22H,13-15H2,1-3H3,(H,25,29). The molecule has 2 aromatic carbocycles. The van der Waals surface area contributed by atoms with E-state index >= 15 is 0 Å². The fraction of sp³-hybridized carbons (Fsp3) is 0.333. The second-order valence-corrected chi connectivity index (χ2v) is 8.09. The molecule has 5 heteroatoms. The van der Waals surface area contributed by atoms with Crippen molar-refractivity contribution < 1.29 is 9.59 Å². The maximum Gasteiger partial charge on any atom is 0.322 e. The Kier molecular flexibility index (Phi) is 5.14. The van der Waals surface area contributed by atoms with Crippen molar-refractivity contribution in [1.82, 2.24) is 15.1 Å². The molecule has 2 aliphatic heterocycles. The molecule has 1 unspecified atom stereocenters. The summed E-state index contributed by atoms with van der Waals surface area (Å²) in [6.45, 7) is 5.42. The van der Waals surface area contributed by atoms with E-state index in [1.807, 2.05) is 35.2 Å². The summed E-state index contributed by atoms with van der Waals surface area (Å²) in [6.07, 6.45) is 0.798. The summed E-state index contributed by atoms with van der Waals surface area (Å²) in [5.74, 6) is 0.452. The largest absolute Gasteiger partial charge is 0.333 e. The number of carbonyl (C=O) groups excluding carboxylic acids is 2. The maximum atomic E-state index is 13.3. The second-order valence-electron chi connectivity index (χ2n) is 8.09. The highest BCUT2D eigenvalue weighted by Crippen LogP contribution is 2.36. The van der Waals surface area contributed by atoms with Gasteiger partial charge in [-0.25, -0.2) is 4.79 Å². The molecule has 1 N–H and O–H groups in total. The molecule has 5 nitrogen and oxygen atoms in total. The molecule has 0 bridgehead atoms. The van der Waals surface area contributed by atoms with E-state index in [0.29, 0.717) is 24.6 Å². The van der Waals surface area contributed by atoms with Crippen LogP contribution in [0.15, 0.2) is 65.9 Å². The molecular formula is C24H27N3O2. The molecule has 150 valence electrons. The predicted octanol–water partition coefficient (Wildman–Crippen LogP) is 3.85. The first-order chi connectivity index (χ1) is 14.0. The number of hydrogen-bond acceptors (Lipinski definition) is 2. The Morgan fingerprint density at radius 3 is 2.38 bits per heavy atom. The number of benzene rings is 2. The van der Waals surface area contributed by atoms with E-state index in [9.17, 15) is 9.59 Å². The molecule has 2 aromatic rings. The van der Waals surface area contributed by atoms with Gasteiger partial charge in [0.2, 0.25) is 0 Å². The quantitative estimate of drug-likeness (QED) is 0.845. The molecule has 0 saturated heterocycles. The number of nitrogens with zero attached hydrogens (tertiary/aromatic N) is 2. The second kappa shape index (κ2) is 7.74. The number of likely N-dealkylation sites (N-methyl/N-ethyl adjacent to an activating group) is 1. The molecule has 3 amide bonds. The van der Waals surface area contributed by atoms with Gasteiger partial charge >= 0.3 is 6.03 Å². The van der Waals surface area contributed by atoms with Crippen LogP contribution in [-0.2, 0) is 11.2 Å². The van der Waals surface area contributed by atoms with Gasteiger partial charge in [0, 0.05) is 13.6 Å². The number of carbonyl (C=O) groups is 2. The lowest BCUT2D eigenvalue weighted by Crippen LogP contribution is -2.45. The van der Waals surface area contributed by atoms with E-state index in [1.165, 1.54) is 11.1 Å². The molecule has 1 atom stereocenters. The number of rotatable bonds is 5. The lowest BCUT2D eigenvalue weighted by Gasteiger charge is -2.31. The number of hydrogen-bond donors (Lipinski definition) is 1. The predicted molar refractivity (Wildman–Crippen MR) is 113 cm³/mol. The summed E-state index contributed by atoms with van der Waals surface area (Å²) in [5.41, 5.74) is 4.89. The van der Waals surface area contributed by atoms with Crippen molar-refractivity contribution in [3.63, 3.8) is 0 Å². The minimum Gasteiger partial charge on any atom is -0.333 e. The average molecular weight is 389 g/mol. The zero-order valence-corrected chi connectivity index (χ0v) is 17.2. The first-order valence-corrected chi connectivity index (χ1v) is 10.2. The molecular weight excluding hydrogens is 362 g/mol. The fourth-order valence-electron chi connectivity index (χ4n) is 4.04. The van der Waals surface area contributed by atoms with Crippen LogP contribution in [0.5, 0.6) is 0 Å². The highest BCUT2D eigenvalue weighted by Gasteiger charge is 2.42. The Morgan fingerprint density at radius 2 is 1.72 bits per heavy atom. The van der Waals surface area contributed by atoms with Gasteiger partial charge in [-0.2, -0.15) is 0 Å². The van der Waals surface area contributed by atoms with Crippen LogP contribution >= 0.6 is 0 Å². The van der Waals surface area contributed by atoms with Crippen molar-refractivity contribution in [1.29, 1.82) is 0 Å². The van der Waals surface area contributed by atoms with E-state index in [0.717, 1.165) is 17.7 Å². The Bertz CT molecular complexity index is 948. The average Bonchev–Trinajstić information content (AvgIpc) is 3.07. The third-order valence-electron chi connectivity index (χ3n) is 5.88. The third kappa shape index (κ3) is 3.65. The summed E-state index contributed by atoms with van der Waals surface area (Å²) < 4.78 is 0. The highest BCUT2D eigenvalue weighted by atomic mass is 16.2. The Balaban J connectivity index is 1.58. The number of nitrogens with one attached hydrogen (secondary N) is 1. The lowest BCUT2D eigenvalue weighted by molar-refractivity contribution is -0.125. The first kappa shape index (κ1) is 19.2. The number of urea groups is 1. The minimum atomic E-state index is -0.399. The number of amides is 3.